The van der Waals surface area contributed by atoms with Crippen LogP contribution in [-0.4, -0.2) is 33.7 Å². The van der Waals surface area contributed by atoms with Gasteiger partial charge in [0.25, 0.3) is 0 Å². The van der Waals surface area contributed by atoms with Gasteiger partial charge >= 0.3 is 11.7 Å². The van der Waals surface area contributed by atoms with Crippen molar-refractivity contribution in [3.63, 3.8) is 0 Å². The van der Waals surface area contributed by atoms with Gasteiger partial charge in [-0.2, -0.15) is 4.98 Å². The van der Waals surface area contributed by atoms with E-state index in [-0.39, 0.29) is 28.1 Å². The summed E-state index contributed by atoms with van der Waals surface area (Å²) in [5, 5.41) is 11.0. The predicted molar refractivity (Wildman–Crippen MR) is 64.0 cm³/mol. The van der Waals surface area contributed by atoms with Gasteiger partial charge in [0.2, 0.25) is 5.95 Å². The number of carbonyl (C=O) groups excluding carboxylic acids is 1. The van der Waals surface area contributed by atoms with Crippen molar-refractivity contribution in [2.75, 3.05) is 18.3 Å². The Hall–Kier alpha value is -1.94. The summed E-state index contributed by atoms with van der Waals surface area (Å²) >= 11 is 0.889. The Bertz CT molecular complexity index is 481. The van der Waals surface area contributed by atoms with Crippen molar-refractivity contribution in [1.29, 1.82) is 0 Å². The number of rotatable bonds is 5. The van der Waals surface area contributed by atoms with E-state index in [9.17, 15) is 14.9 Å². The highest BCUT2D eigenvalue weighted by atomic mass is 32.2. The average Bonchev–Trinajstić information content (AvgIpc) is 2.34. The van der Waals surface area contributed by atoms with Crippen LogP contribution in [0.3, 0.4) is 0 Å². The Morgan fingerprint density at radius 3 is 2.78 bits per heavy atom. The van der Waals surface area contributed by atoms with Crippen LogP contribution in [0, 0.1) is 17.0 Å². The first kappa shape index (κ1) is 14.1. The van der Waals surface area contributed by atoms with Crippen LogP contribution < -0.4 is 11.3 Å². The summed E-state index contributed by atoms with van der Waals surface area (Å²) in [6, 6.07) is 0. The number of nitrogens with two attached hydrogens (primary N) is 1. The fourth-order valence-electron chi connectivity index (χ4n) is 1.10. The van der Waals surface area contributed by atoms with E-state index in [0.717, 1.165) is 11.8 Å². The van der Waals surface area contributed by atoms with E-state index in [1.54, 1.807) is 0 Å². The number of aromatic nitrogens is 2. The Kier molecular flexibility index (Phi) is 4.80. The minimum Gasteiger partial charge on any atom is -0.468 e. The highest BCUT2D eigenvalue weighted by Gasteiger charge is 2.23. The van der Waals surface area contributed by atoms with Crippen molar-refractivity contribution in [2.45, 2.75) is 11.9 Å². The molecule has 0 saturated heterocycles. The van der Waals surface area contributed by atoms with Crippen LogP contribution in [0.25, 0.3) is 0 Å². The number of nitrogens with one attached hydrogen (secondary N) is 1. The second-order valence-electron chi connectivity index (χ2n) is 3.05. The monoisotopic (exact) mass is 273 g/mol. The predicted octanol–water partition coefficient (Wildman–Crippen LogP) is 0.244. The minimum atomic E-state index is -0.602. The first-order chi connectivity index (χ1) is 8.49. The quantitative estimate of drug-likeness (QED) is 0.193. The molecule has 3 N–H and O–H groups in total. The first-order valence-electron chi connectivity index (χ1n) is 4.68. The van der Waals surface area contributed by atoms with Crippen LogP contribution in [0.15, 0.2) is 5.03 Å². The molecule has 0 unspecified atom stereocenters. The Labute approximate surface area is 106 Å². The maximum Gasteiger partial charge on any atom is 0.322 e. The van der Waals surface area contributed by atoms with Gasteiger partial charge < -0.3 is 4.74 Å². The van der Waals surface area contributed by atoms with E-state index in [1.165, 1.54) is 14.0 Å². The zero-order valence-corrected chi connectivity index (χ0v) is 10.5. The number of nitrogen functional groups attached to an aromatic ring is 1. The molecule has 0 spiro atoms. The lowest BCUT2D eigenvalue weighted by Gasteiger charge is -2.06. The van der Waals surface area contributed by atoms with E-state index in [0.29, 0.717) is 0 Å². The second-order valence-corrected chi connectivity index (χ2v) is 4.02. The van der Waals surface area contributed by atoms with E-state index in [2.05, 4.69) is 20.1 Å². The maximum absolute atomic E-state index is 11.0. The zero-order valence-electron chi connectivity index (χ0n) is 9.67. The summed E-state index contributed by atoms with van der Waals surface area (Å²) in [6.45, 7) is 1.46. The number of carbonyl (C=O) groups is 1. The van der Waals surface area contributed by atoms with Gasteiger partial charge in [-0.25, -0.2) is 10.8 Å². The molecule has 0 bridgehead atoms. The molecule has 1 heterocycles. The number of nitrogens with zero attached hydrogens (tertiary/aromatic N) is 3. The SMILES string of the molecule is COC(=O)CSc1nc(NN)nc(C)c1[N+](=O)[O-]. The zero-order chi connectivity index (χ0) is 13.7. The fraction of sp³-hybridized carbons (Fsp3) is 0.375. The minimum absolute atomic E-state index is 0.0467. The number of hydrogen-bond donors (Lipinski definition) is 2. The molecular weight excluding hydrogens is 262 g/mol. The molecule has 1 aromatic rings. The van der Waals surface area contributed by atoms with E-state index < -0.39 is 10.9 Å². The molecule has 0 saturated carbocycles. The van der Waals surface area contributed by atoms with Crippen molar-refractivity contribution < 1.29 is 14.5 Å². The Morgan fingerprint density at radius 1 is 1.61 bits per heavy atom. The topological polar surface area (TPSA) is 133 Å². The Morgan fingerprint density at radius 2 is 2.28 bits per heavy atom. The van der Waals surface area contributed by atoms with Crippen LogP contribution in [0.4, 0.5) is 11.6 Å². The number of aryl methyl sites for hydroxylation is 1. The van der Waals surface area contributed by atoms with Crippen LogP contribution >= 0.6 is 11.8 Å². The molecule has 0 aliphatic carbocycles. The standard InChI is InChI=1S/C8H11N5O4S/c1-4-6(13(15)16)7(11-8(10-4)12-9)18-3-5(14)17-2/h3,9H2,1-2H3,(H,10,11,12). The van der Waals surface area contributed by atoms with Crippen molar-refractivity contribution >= 4 is 29.4 Å². The molecule has 0 atom stereocenters. The molecule has 1 rings (SSSR count). The number of hydrogen-bond acceptors (Lipinski definition) is 9. The molecule has 0 fully saturated rings. The lowest BCUT2D eigenvalue weighted by Crippen LogP contribution is -2.13. The summed E-state index contributed by atoms with van der Waals surface area (Å²) < 4.78 is 4.45. The number of methoxy groups -OCH3 is 1. The number of ether oxygens (including phenoxy) is 1. The largest absolute Gasteiger partial charge is 0.468 e. The van der Waals surface area contributed by atoms with Crippen molar-refractivity contribution in [3.05, 3.63) is 15.8 Å². The summed E-state index contributed by atoms with van der Waals surface area (Å²) in [4.78, 5) is 29.0. The fourth-order valence-corrected chi connectivity index (χ4v) is 1.98. The average molecular weight is 273 g/mol. The first-order valence-corrected chi connectivity index (χ1v) is 5.67. The van der Waals surface area contributed by atoms with E-state index >= 15 is 0 Å². The molecule has 0 amide bonds. The molecule has 18 heavy (non-hydrogen) atoms. The van der Waals surface area contributed by atoms with E-state index in [1.807, 2.05) is 0 Å². The summed E-state index contributed by atoms with van der Waals surface area (Å²) in [5.41, 5.74) is 2.12. The Balaban J connectivity index is 3.09. The number of hydrazine groups is 1. The van der Waals surface area contributed by atoms with Gasteiger partial charge in [-0.1, -0.05) is 11.8 Å². The molecule has 98 valence electrons. The second kappa shape index (κ2) is 6.12. The molecule has 0 radical (unpaired) electrons. The van der Waals surface area contributed by atoms with Gasteiger partial charge in [-0.3, -0.25) is 20.3 Å². The molecule has 9 nitrogen and oxygen atoms in total. The highest BCUT2D eigenvalue weighted by molar-refractivity contribution is 8.00. The summed E-state index contributed by atoms with van der Waals surface area (Å²) in [5.74, 6) is 4.60. The third-order valence-electron chi connectivity index (χ3n) is 1.89. The molecule has 0 aliphatic heterocycles. The van der Waals surface area contributed by atoms with E-state index in [4.69, 9.17) is 5.84 Å². The maximum atomic E-state index is 11.0. The third kappa shape index (κ3) is 3.28. The highest BCUT2D eigenvalue weighted by Crippen LogP contribution is 2.30. The van der Waals surface area contributed by atoms with Gasteiger partial charge in [0, 0.05) is 0 Å². The van der Waals surface area contributed by atoms with Crippen LogP contribution in [-0.2, 0) is 9.53 Å². The summed E-state index contributed by atoms with van der Waals surface area (Å²) in [6.07, 6.45) is 0. The van der Waals surface area contributed by atoms with Crippen LogP contribution in [0.2, 0.25) is 0 Å². The molecule has 0 aromatic carbocycles. The lowest BCUT2D eigenvalue weighted by atomic mass is 10.4. The number of thioether (sulfide) groups is 1. The van der Waals surface area contributed by atoms with Gasteiger partial charge in [-0.05, 0) is 6.92 Å². The molecule has 0 aliphatic rings. The van der Waals surface area contributed by atoms with Gasteiger partial charge in [0.1, 0.15) is 5.69 Å². The van der Waals surface area contributed by atoms with Crippen LogP contribution in [0.5, 0.6) is 0 Å². The molecule has 10 heteroatoms. The summed E-state index contributed by atoms with van der Waals surface area (Å²) in [7, 11) is 1.23. The molecular formula is C8H11N5O4S. The number of nitro groups is 1. The normalized spacial score (nSPS) is 9.94. The van der Waals surface area contributed by atoms with Crippen molar-refractivity contribution in [2.24, 2.45) is 5.84 Å². The number of anilines is 1. The smallest absolute Gasteiger partial charge is 0.322 e. The van der Waals surface area contributed by atoms with Gasteiger partial charge in [0.15, 0.2) is 5.03 Å². The van der Waals surface area contributed by atoms with Gasteiger partial charge in [-0.15, -0.1) is 0 Å². The molecule has 1 aromatic heterocycles. The van der Waals surface area contributed by atoms with Gasteiger partial charge in [0.05, 0.1) is 17.8 Å². The van der Waals surface area contributed by atoms with Crippen LogP contribution in [0.1, 0.15) is 5.69 Å². The van der Waals surface area contributed by atoms with Crippen molar-refractivity contribution in [3.8, 4) is 0 Å². The lowest BCUT2D eigenvalue weighted by molar-refractivity contribution is -0.389. The number of esters is 1. The van der Waals surface area contributed by atoms with Crippen molar-refractivity contribution in [1.82, 2.24) is 9.97 Å². The third-order valence-corrected chi connectivity index (χ3v) is 2.83.